The molecule has 3 aromatic rings. The van der Waals surface area contributed by atoms with Crippen molar-refractivity contribution in [2.75, 3.05) is 11.1 Å². The van der Waals surface area contributed by atoms with Crippen molar-refractivity contribution in [3.8, 4) is 0 Å². The predicted octanol–water partition coefficient (Wildman–Crippen LogP) is 4.76. The van der Waals surface area contributed by atoms with E-state index < -0.39 is 0 Å². The van der Waals surface area contributed by atoms with Gasteiger partial charge in [0.05, 0.1) is 5.75 Å². The summed E-state index contributed by atoms with van der Waals surface area (Å²) in [5.74, 6) is 1.27. The number of thioether (sulfide) groups is 1. The highest BCUT2D eigenvalue weighted by Gasteiger charge is 2.29. The Kier molecular flexibility index (Phi) is 5.42. The number of nitrogens with zero attached hydrogens (tertiary/aromatic N) is 3. The largest absolute Gasteiger partial charge is 0.325 e. The summed E-state index contributed by atoms with van der Waals surface area (Å²) in [4.78, 5) is 13.5. The van der Waals surface area contributed by atoms with Gasteiger partial charge >= 0.3 is 0 Å². The molecule has 134 valence electrons. The Hall–Kier alpha value is -1.64. The number of rotatable bonds is 7. The van der Waals surface area contributed by atoms with Gasteiger partial charge in [0, 0.05) is 27.5 Å². The van der Waals surface area contributed by atoms with Crippen LogP contribution in [0.4, 0.5) is 5.69 Å². The predicted molar refractivity (Wildman–Crippen MR) is 109 cm³/mol. The van der Waals surface area contributed by atoms with Gasteiger partial charge in [-0.1, -0.05) is 33.8 Å². The maximum atomic E-state index is 12.2. The molecule has 0 spiro atoms. The van der Waals surface area contributed by atoms with Gasteiger partial charge in [-0.25, -0.2) is 0 Å². The van der Waals surface area contributed by atoms with Crippen LogP contribution in [0, 0.1) is 0 Å². The molecule has 0 radical (unpaired) electrons. The Balaban J connectivity index is 1.40. The van der Waals surface area contributed by atoms with E-state index in [-0.39, 0.29) is 5.91 Å². The van der Waals surface area contributed by atoms with Gasteiger partial charge in [0.1, 0.15) is 5.82 Å². The van der Waals surface area contributed by atoms with Crippen molar-refractivity contribution in [3.63, 3.8) is 0 Å². The molecule has 1 fully saturated rings. The monoisotopic (exact) mass is 448 g/mol. The van der Waals surface area contributed by atoms with Crippen molar-refractivity contribution in [1.82, 2.24) is 14.8 Å². The number of thiophene rings is 1. The number of hydrogen-bond donors (Lipinski definition) is 1. The Bertz CT molecular complexity index is 889. The first kappa shape index (κ1) is 17.8. The molecule has 0 unspecified atom stereocenters. The molecular formula is C18H17BrN4OS2. The van der Waals surface area contributed by atoms with Crippen molar-refractivity contribution in [2.24, 2.45) is 0 Å². The number of carbonyl (C=O) groups is 1. The first-order valence-corrected chi connectivity index (χ1v) is 11.0. The van der Waals surface area contributed by atoms with Crippen molar-refractivity contribution < 1.29 is 4.79 Å². The molecule has 2 heterocycles. The van der Waals surface area contributed by atoms with E-state index in [1.54, 1.807) is 11.3 Å². The highest BCUT2D eigenvalue weighted by Crippen LogP contribution is 2.39. The molecule has 5 nitrogen and oxygen atoms in total. The van der Waals surface area contributed by atoms with Crippen molar-refractivity contribution >= 4 is 50.6 Å². The molecule has 0 atom stereocenters. The second-order valence-electron chi connectivity index (χ2n) is 6.10. The zero-order chi connectivity index (χ0) is 17.9. The minimum absolute atomic E-state index is 0.0394. The fourth-order valence-corrected chi connectivity index (χ4v) is 4.45. The van der Waals surface area contributed by atoms with E-state index in [9.17, 15) is 4.79 Å². The zero-order valence-corrected chi connectivity index (χ0v) is 17.1. The lowest BCUT2D eigenvalue weighted by Crippen LogP contribution is -2.14. The summed E-state index contributed by atoms with van der Waals surface area (Å²) >= 11 is 6.57. The lowest BCUT2D eigenvalue weighted by atomic mass is 10.3. The Morgan fingerprint density at radius 2 is 2.08 bits per heavy atom. The summed E-state index contributed by atoms with van der Waals surface area (Å²) in [6, 6.07) is 12.2. The number of carbonyl (C=O) groups excluding carboxylic acids is 1. The van der Waals surface area contributed by atoms with Crippen LogP contribution in [0.1, 0.15) is 29.6 Å². The minimum Gasteiger partial charge on any atom is -0.325 e. The van der Waals surface area contributed by atoms with Crippen LogP contribution in [-0.4, -0.2) is 26.4 Å². The molecular weight excluding hydrogens is 432 g/mol. The SMILES string of the molecule is O=C(CSc1nnc(Cc2cccs2)n1C1CC1)Nc1ccc(Br)cc1. The normalized spacial score (nSPS) is 13.7. The molecule has 8 heteroatoms. The molecule has 1 aliphatic carbocycles. The minimum atomic E-state index is -0.0394. The third-order valence-electron chi connectivity index (χ3n) is 4.02. The van der Waals surface area contributed by atoms with Crippen LogP contribution in [0.2, 0.25) is 0 Å². The van der Waals surface area contributed by atoms with Crippen LogP contribution in [0.3, 0.4) is 0 Å². The number of nitrogens with one attached hydrogen (secondary N) is 1. The van der Waals surface area contributed by atoms with Crippen molar-refractivity contribution in [2.45, 2.75) is 30.5 Å². The first-order chi connectivity index (χ1) is 12.7. The summed E-state index contributed by atoms with van der Waals surface area (Å²) < 4.78 is 3.21. The van der Waals surface area contributed by atoms with Gasteiger partial charge < -0.3 is 9.88 Å². The van der Waals surface area contributed by atoms with E-state index in [1.165, 1.54) is 16.6 Å². The fraction of sp³-hybridized carbons (Fsp3) is 0.278. The summed E-state index contributed by atoms with van der Waals surface area (Å²) in [5.41, 5.74) is 0.792. The lowest BCUT2D eigenvalue weighted by Gasteiger charge is -2.08. The van der Waals surface area contributed by atoms with Crippen LogP contribution < -0.4 is 5.32 Å². The average Bonchev–Trinajstić information content (AvgIpc) is 3.18. The van der Waals surface area contributed by atoms with Gasteiger partial charge in [-0.15, -0.1) is 21.5 Å². The maximum absolute atomic E-state index is 12.2. The summed E-state index contributed by atoms with van der Waals surface area (Å²) in [5, 5.41) is 14.6. The van der Waals surface area contributed by atoms with Gasteiger partial charge in [0.2, 0.25) is 5.91 Å². The molecule has 0 saturated heterocycles. The summed E-state index contributed by atoms with van der Waals surface area (Å²) in [6.45, 7) is 0. The van der Waals surface area contributed by atoms with E-state index in [4.69, 9.17) is 0 Å². The van der Waals surface area contributed by atoms with Crippen molar-refractivity contribution in [3.05, 3.63) is 57.0 Å². The molecule has 1 saturated carbocycles. The van der Waals surface area contributed by atoms with Gasteiger partial charge in [0.25, 0.3) is 0 Å². The number of amides is 1. The van der Waals surface area contributed by atoms with Crippen LogP contribution in [0.25, 0.3) is 0 Å². The first-order valence-electron chi connectivity index (χ1n) is 8.33. The molecule has 0 aliphatic heterocycles. The zero-order valence-electron chi connectivity index (χ0n) is 13.9. The Morgan fingerprint density at radius 3 is 2.77 bits per heavy atom. The lowest BCUT2D eigenvalue weighted by molar-refractivity contribution is -0.113. The highest BCUT2D eigenvalue weighted by molar-refractivity contribution is 9.10. The molecule has 4 rings (SSSR count). The highest BCUT2D eigenvalue weighted by atomic mass is 79.9. The van der Waals surface area contributed by atoms with Crippen LogP contribution in [0.5, 0.6) is 0 Å². The molecule has 26 heavy (non-hydrogen) atoms. The van der Waals surface area contributed by atoms with Gasteiger partial charge in [0.15, 0.2) is 5.16 Å². The number of halogens is 1. The number of benzene rings is 1. The quantitative estimate of drug-likeness (QED) is 0.529. The standard InChI is InChI=1S/C18H17BrN4OS2/c19-12-3-5-13(6-4-12)20-17(24)11-26-18-22-21-16(23(18)14-7-8-14)10-15-2-1-9-25-15/h1-6,9,14H,7-8,10-11H2,(H,20,24). The topological polar surface area (TPSA) is 59.8 Å². The van der Waals surface area contributed by atoms with E-state index in [1.807, 2.05) is 24.3 Å². The van der Waals surface area contributed by atoms with E-state index >= 15 is 0 Å². The average molecular weight is 449 g/mol. The van der Waals surface area contributed by atoms with Gasteiger partial charge in [-0.2, -0.15) is 0 Å². The molecule has 1 amide bonds. The number of hydrogen-bond acceptors (Lipinski definition) is 5. The molecule has 1 N–H and O–H groups in total. The van der Waals surface area contributed by atoms with E-state index in [2.05, 4.69) is 53.5 Å². The number of anilines is 1. The van der Waals surface area contributed by atoms with Crippen LogP contribution in [0.15, 0.2) is 51.4 Å². The third kappa shape index (κ3) is 4.36. The smallest absolute Gasteiger partial charge is 0.234 e. The Morgan fingerprint density at radius 1 is 1.27 bits per heavy atom. The van der Waals surface area contributed by atoms with Gasteiger partial charge in [-0.05, 0) is 48.6 Å². The van der Waals surface area contributed by atoms with E-state index in [0.29, 0.717) is 11.8 Å². The summed E-state index contributed by atoms with van der Waals surface area (Å²) in [7, 11) is 0. The molecule has 1 aliphatic rings. The maximum Gasteiger partial charge on any atom is 0.234 e. The van der Waals surface area contributed by atoms with Gasteiger partial charge in [-0.3, -0.25) is 4.79 Å². The summed E-state index contributed by atoms with van der Waals surface area (Å²) in [6.07, 6.45) is 3.12. The second kappa shape index (κ2) is 7.94. The third-order valence-corrected chi connectivity index (χ3v) is 6.37. The van der Waals surface area contributed by atoms with Crippen molar-refractivity contribution in [1.29, 1.82) is 0 Å². The second-order valence-corrected chi connectivity index (χ2v) is 8.99. The number of aromatic nitrogens is 3. The van der Waals surface area contributed by atoms with E-state index in [0.717, 1.165) is 40.4 Å². The Labute approximate surface area is 168 Å². The molecule has 2 aromatic heterocycles. The van der Waals surface area contributed by atoms with Crippen LogP contribution in [-0.2, 0) is 11.2 Å². The molecule has 1 aromatic carbocycles. The fourth-order valence-electron chi connectivity index (χ4n) is 2.66. The van der Waals surface area contributed by atoms with Crippen LogP contribution >= 0.6 is 39.0 Å². The molecule has 0 bridgehead atoms.